The predicted octanol–water partition coefficient (Wildman–Crippen LogP) is 5.46. The summed E-state index contributed by atoms with van der Waals surface area (Å²) < 4.78 is 2.10. The van der Waals surface area contributed by atoms with Gasteiger partial charge in [-0.15, -0.1) is 10.2 Å². The maximum atomic E-state index is 10.8. The molecule has 7 heteroatoms. The average Bonchev–Trinajstić information content (AvgIpc) is 3.09. The molecule has 1 aromatic heterocycles. The second-order valence-electron chi connectivity index (χ2n) is 7.59. The lowest BCUT2D eigenvalue weighted by atomic mass is 9.87. The minimum Gasteiger partial charge on any atom is -0.302 e. The zero-order chi connectivity index (χ0) is 20.3. The van der Waals surface area contributed by atoms with Crippen LogP contribution in [0.3, 0.4) is 0 Å². The molecule has 0 aliphatic carbocycles. The van der Waals surface area contributed by atoms with E-state index in [2.05, 4.69) is 66.7 Å². The normalized spacial score (nSPS) is 11.6. The summed E-state index contributed by atoms with van der Waals surface area (Å²) in [5, 5.41) is 20.4. The fourth-order valence-corrected chi connectivity index (χ4v) is 3.83. The minimum atomic E-state index is -0.387. The smallest absolute Gasteiger partial charge is 0.269 e. The van der Waals surface area contributed by atoms with Crippen molar-refractivity contribution in [1.29, 1.82) is 0 Å². The van der Waals surface area contributed by atoms with Crippen molar-refractivity contribution < 1.29 is 4.92 Å². The van der Waals surface area contributed by atoms with Gasteiger partial charge in [-0.3, -0.25) is 10.1 Å². The highest BCUT2D eigenvalue weighted by Crippen LogP contribution is 2.29. The van der Waals surface area contributed by atoms with Crippen molar-refractivity contribution in [3.8, 4) is 11.4 Å². The minimum absolute atomic E-state index is 0.103. The molecule has 6 nitrogen and oxygen atoms in total. The van der Waals surface area contributed by atoms with E-state index >= 15 is 0 Å². The van der Waals surface area contributed by atoms with Gasteiger partial charge < -0.3 is 4.57 Å². The number of nitrogens with zero attached hydrogens (tertiary/aromatic N) is 4. The van der Waals surface area contributed by atoms with Crippen molar-refractivity contribution in [2.24, 2.45) is 0 Å². The van der Waals surface area contributed by atoms with Crippen molar-refractivity contribution in [2.75, 3.05) is 0 Å². The van der Waals surface area contributed by atoms with E-state index in [1.54, 1.807) is 23.9 Å². The van der Waals surface area contributed by atoms with Gasteiger partial charge in [0.1, 0.15) is 0 Å². The molecule has 2 aromatic carbocycles. The third-order valence-electron chi connectivity index (χ3n) is 4.56. The quantitative estimate of drug-likeness (QED) is 0.314. The highest BCUT2D eigenvalue weighted by atomic mass is 32.2. The molecular weight excluding hydrogens is 372 g/mol. The second kappa shape index (κ2) is 8.14. The fourth-order valence-electron chi connectivity index (χ4n) is 2.88. The Morgan fingerprint density at radius 3 is 2.21 bits per heavy atom. The first kappa shape index (κ1) is 20.1. The Bertz CT molecular complexity index is 958. The lowest BCUT2D eigenvalue weighted by Crippen LogP contribution is -2.10. The van der Waals surface area contributed by atoms with Crippen LogP contribution in [0.2, 0.25) is 0 Å². The third-order valence-corrected chi connectivity index (χ3v) is 5.60. The highest BCUT2D eigenvalue weighted by molar-refractivity contribution is 7.98. The molecule has 0 atom stereocenters. The van der Waals surface area contributed by atoms with E-state index in [1.807, 2.05) is 0 Å². The molecule has 28 heavy (non-hydrogen) atoms. The van der Waals surface area contributed by atoms with Gasteiger partial charge in [0.2, 0.25) is 0 Å². The van der Waals surface area contributed by atoms with Crippen LogP contribution in [0.4, 0.5) is 5.69 Å². The van der Waals surface area contributed by atoms with Gasteiger partial charge in [-0.1, -0.05) is 68.9 Å². The Hall–Kier alpha value is -2.67. The van der Waals surface area contributed by atoms with Gasteiger partial charge in [-0.2, -0.15) is 0 Å². The summed E-state index contributed by atoms with van der Waals surface area (Å²) in [6.07, 6.45) is 0. The monoisotopic (exact) mass is 396 g/mol. The summed E-state index contributed by atoms with van der Waals surface area (Å²) in [7, 11) is 0. The molecule has 0 saturated heterocycles. The second-order valence-corrected chi connectivity index (χ2v) is 8.53. The molecule has 0 saturated carbocycles. The summed E-state index contributed by atoms with van der Waals surface area (Å²) >= 11 is 1.58. The first-order chi connectivity index (χ1) is 13.3. The zero-order valence-electron chi connectivity index (χ0n) is 16.5. The number of hydrogen-bond donors (Lipinski definition) is 0. The van der Waals surface area contributed by atoms with Crippen LogP contribution in [-0.4, -0.2) is 19.7 Å². The molecule has 0 unspecified atom stereocenters. The molecule has 0 bridgehead atoms. The maximum absolute atomic E-state index is 10.8. The van der Waals surface area contributed by atoms with Gasteiger partial charge in [0.05, 0.1) is 4.92 Å². The lowest BCUT2D eigenvalue weighted by molar-refractivity contribution is -0.384. The summed E-state index contributed by atoms with van der Waals surface area (Å²) in [5.74, 6) is 1.54. The highest BCUT2D eigenvalue weighted by Gasteiger charge is 2.16. The van der Waals surface area contributed by atoms with Gasteiger partial charge in [0.15, 0.2) is 11.0 Å². The van der Waals surface area contributed by atoms with Crippen LogP contribution in [-0.2, 0) is 17.7 Å². The molecule has 3 aromatic rings. The van der Waals surface area contributed by atoms with Gasteiger partial charge >= 0.3 is 0 Å². The molecule has 1 heterocycles. The van der Waals surface area contributed by atoms with E-state index in [-0.39, 0.29) is 16.0 Å². The van der Waals surface area contributed by atoms with Crippen molar-refractivity contribution in [3.05, 3.63) is 69.8 Å². The van der Waals surface area contributed by atoms with E-state index < -0.39 is 0 Å². The number of aromatic nitrogens is 3. The van der Waals surface area contributed by atoms with Crippen molar-refractivity contribution in [1.82, 2.24) is 14.8 Å². The van der Waals surface area contributed by atoms with E-state index in [0.29, 0.717) is 5.75 Å². The standard InChI is InChI=1S/C21H24N4O2S/c1-5-24-19(16-8-10-17(11-9-16)21(2,3)4)22-23-20(24)28-14-15-6-12-18(13-7-15)25(26)27/h6-13H,5,14H2,1-4H3. The average molecular weight is 397 g/mol. The van der Waals surface area contributed by atoms with Gasteiger partial charge in [0.25, 0.3) is 5.69 Å². The molecule has 3 rings (SSSR count). The number of nitro groups is 1. The summed E-state index contributed by atoms with van der Waals surface area (Å²) in [4.78, 5) is 10.4. The summed E-state index contributed by atoms with van der Waals surface area (Å²) in [5.41, 5.74) is 3.56. The van der Waals surface area contributed by atoms with Crippen molar-refractivity contribution in [2.45, 2.75) is 50.6 Å². The summed E-state index contributed by atoms with van der Waals surface area (Å²) in [6.45, 7) is 9.44. The van der Waals surface area contributed by atoms with E-state index in [4.69, 9.17) is 0 Å². The predicted molar refractivity (Wildman–Crippen MR) is 112 cm³/mol. The molecule has 146 valence electrons. The van der Waals surface area contributed by atoms with E-state index in [1.165, 1.54) is 17.7 Å². The molecule has 0 aliphatic rings. The fraction of sp³-hybridized carbons (Fsp3) is 0.333. The summed E-state index contributed by atoms with van der Waals surface area (Å²) in [6, 6.07) is 15.1. The third kappa shape index (κ3) is 4.42. The number of rotatable bonds is 6. The van der Waals surface area contributed by atoms with Crippen LogP contribution in [0.25, 0.3) is 11.4 Å². The largest absolute Gasteiger partial charge is 0.302 e. The number of non-ortho nitro benzene ring substituents is 1. The van der Waals surface area contributed by atoms with Crippen LogP contribution in [0.15, 0.2) is 53.7 Å². The van der Waals surface area contributed by atoms with E-state index in [0.717, 1.165) is 28.7 Å². The molecule has 0 fully saturated rings. The van der Waals surface area contributed by atoms with E-state index in [9.17, 15) is 10.1 Å². The zero-order valence-corrected chi connectivity index (χ0v) is 17.4. The Labute approximate surface area is 169 Å². The van der Waals surface area contributed by atoms with Gasteiger partial charge in [-0.05, 0) is 23.5 Å². The molecule has 0 amide bonds. The van der Waals surface area contributed by atoms with Crippen molar-refractivity contribution >= 4 is 17.4 Å². The molecule has 0 N–H and O–H groups in total. The van der Waals surface area contributed by atoms with Crippen LogP contribution in [0.1, 0.15) is 38.8 Å². The topological polar surface area (TPSA) is 73.8 Å². The van der Waals surface area contributed by atoms with Crippen LogP contribution >= 0.6 is 11.8 Å². The van der Waals surface area contributed by atoms with Crippen molar-refractivity contribution in [3.63, 3.8) is 0 Å². The van der Waals surface area contributed by atoms with Crippen LogP contribution in [0.5, 0.6) is 0 Å². The number of thioether (sulfide) groups is 1. The Morgan fingerprint density at radius 1 is 1.04 bits per heavy atom. The number of benzene rings is 2. The Balaban J connectivity index is 1.77. The Morgan fingerprint density at radius 2 is 1.68 bits per heavy atom. The Kier molecular flexibility index (Phi) is 5.84. The van der Waals surface area contributed by atoms with Crippen LogP contribution < -0.4 is 0 Å². The van der Waals surface area contributed by atoms with Gasteiger partial charge in [-0.25, -0.2) is 0 Å². The van der Waals surface area contributed by atoms with Gasteiger partial charge in [0, 0.05) is 30.0 Å². The molecular formula is C21H24N4O2S. The molecule has 0 radical (unpaired) electrons. The number of nitro benzene ring substituents is 1. The van der Waals surface area contributed by atoms with Crippen LogP contribution in [0, 0.1) is 10.1 Å². The first-order valence-electron chi connectivity index (χ1n) is 9.20. The lowest BCUT2D eigenvalue weighted by Gasteiger charge is -2.19. The maximum Gasteiger partial charge on any atom is 0.269 e. The molecule has 0 aliphatic heterocycles. The number of hydrogen-bond acceptors (Lipinski definition) is 5. The molecule has 0 spiro atoms. The SMILES string of the molecule is CCn1c(SCc2ccc([N+](=O)[O-])cc2)nnc1-c1ccc(C(C)(C)C)cc1. The first-order valence-corrected chi connectivity index (χ1v) is 10.2.